The predicted molar refractivity (Wildman–Crippen MR) is 123 cm³/mol. The number of fused-ring (bicyclic) bond motifs is 3. The lowest BCUT2D eigenvalue weighted by Crippen LogP contribution is -2.45. The number of para-hydroxylation sites is 1. The number of hydrogen-bond donors (Lipinski definition) is 3. The Kier molecular flexibility index (Phi) is 8.37. The fraction of sp³-hybridized carbons (Fsp3) is 0.400. The van der Waals surface area contributed by atoms with E-state index in [2.05, 4.69) is 10.6 Å². The van der Waals surface area contributed by atoms with Crippen molar-refractivity contribution in [3.63, 3.8) is 0 Å². The summed E-state index contributed by atoms with van der Waals surface area (Å²) in [5.74, 6) is -8.16. The number of carbonyl (C=O) groups is 3. The highest BCUT2D eigenvalue weighted by Crippen LogP contribution is 2.40. The molecule has 2 aromatic rings. The topological polar surface area (TPSA) is 101 Å². The first-order chi connectivity index (χ1) is 17.6. The molecule has 3 rings (SSSR count). The molecule has 1 heterocycles. The third-order valence-electron chi connectivity index (χ3n) is 6.35. The summed E-state index contributed by atoms with van der Waals surface area (Å²) in [7, 11) is 0. The van der Waals surface area contributed by atoms with Gasteiger partial charge in [-0.2, -0.15) is 26.3 Å². The fourth-order valence-electron chi connectivity index (χ4n) is 4.50. The summed E-state index contributed by atoms with van der Waals surface area (Å²) in [5, 5.41) is 4.85. The van der Waals surface area contributed by atoms with Gasteiger partial charge in [-0.1, -0.05) is 24.3 Å². The normalized spacial score (nSPS) is 16.9. The molecule has 206 valence electrons. The fourth-order valence-corrected chi connectivity index (χ4v) is 4.50. The van der Waals surface area contributed by atoms with Gasteiger partial charge in [0.05, 0.1) is 5.69 Å². The van der Waals surface area contributed by atoms with Crippen LogP contribution in [0.2, 0.25) is 0 Å². The van der Waals surface area contributed by atoms with Crippen LogP contribution in [0.15, 0.2) is 36.4 Å². The Morgan fingerprint density at radius 3 is 2.16 bits per heavy atom. The average molecular weight is 547 g/mol. The molecule has 0 aromatic heterocycles. The van der Waals surface area contributed by atoms with Crippen LogP contribution in [0.4, 0.5) is 36.4 Å². The van der Waals surface area contributed by atoms with E-state index in [1.54, 1.807) is 25.1 Å². The maximum absolute atomic E-state index is 14.2. The van der Waals surface area contributed by atoms with E-state index in [0.717, 1.165) is 12.1 Å². The van der Waals surface area contributed by atoms with E-state index >= 15 is 0 Å². The van der Waals surface area contributed by atoms with E-state index < -0.39 is 79.5 Å². The minimum atomic E-state index is -4.79. The van der Waals surface area contributed by atoms with Crippen LogP contribution in [-0.2, 0) is 14.4 Å². The minimum Gasteiger partial charge on any atom is -0.369 e. The Morgan fingerprint density at radius 1 is 0.974 bits per heavy atom. The lowest BCUT2D eigenvalue weighted by atomic mass is 9.83. The zero-order valence-electron chi connectivity index (χ0n) is 20.0. The first-order valence-corrected chi connectivity index (χ1v) is 11.5. The number of nitrogens with two attached hydrogens (primary N) is 1. The SMILES string of the molecule is Cc1cccc2c1NC(=O)[C@@H](NC(=O)[C@H](CCC(F)(F)F)[C@H](CCC(F)(F)F)C(N)=O)c1cc(F)ccc1-2. The predicted octanol–water partition coefficient (Wildman–Crippen LogP) is 5.31. The van der Waals surface area contributed by atoms with E-state index in [1.807, 2.05) is 0 Å². The van der Waals surface area contributed by atoms with E-state index in [9.17, 15) is 45.1 Å². The van der Waals surface area contributed by atoms with Crippen molar-refractivity contribution in [3.8, 4) is 11.1 Å². The molecule has 0 spiro atoms. The van der Waals surface area contributed by atoms with Crippen molar-refractivity contribution >= 4 is 23.4 Å². The maximum Gasteiger partial charge on any atom is 0.389 e. The van der Waals surface area contributed by atoms with Gasteiger partial charge in [-0.3, -0.25) is 14.4 Å². The lowest BCUT2D eigenvalue weighted by Gasteiger charge is -2.27. The Morgan fingerprint density at radius 2 is 1.58 bits per heavy atom. The molecule has 0 aliphatic carbocycles. The molecule has 2 aromatic carbocycles. The van der Waals surface area contributed by atoms with Crippen molar-refractivity contribution in [2.24, 2.45) is 17.6 Å². The van der Waals surface area contributed by atoms with Crippen molar-refractivity contribution < 1.29 is 45.1 Å². The number of anilines is 1. The Balaban J connectivity index is 2.01. The molecule has 0 bridgehead atoms. The van der Waals surface area contributed by atoms with Crippen molar-refractivity contribution in [2.75, 3.05) is 5.32 Å². The number of rotatable bonds is 8. The lowest BCUT2D eigenvalue weighted by molar-refractivity contribution is -0.152. The van der Waals surface area contributed by atoms with Crippen LogP contribution >= 0.6 is 0 Å². The van der Waals surface area contributed by atoms with Crippen molar-refractivity contribution in [2.45, 2.75) is 51.0 Å². The number of alkyl halides is 6. The number of carbonyl (C=O) groups excluding carboxylic acids is 3. The Labute approximate surface area is 212 Å². The van der Waals surface area contributed by atoms with E-state index in [-0.39, 0.29) is 5.56 Å². The Hall–Kier alpha value is -3.64. The maximum atomic E-state index is 14.2. The smallest absolute Gasteiger partial charge is 0.369 e. The highest BCUT2D eigenvalue weighted by Gasteiger charge is 2.41. The largest absolute Gasteiger partial charge is 0.389 e. The minimum absolute atomic E-state index is 0.0271. The summed E-state index contributed by atoms with van der Waals surface area (Å²) in [4.78, 5) is 38.4. The molecule has 0 saturated heterocycles. The molecule has 1 aliphatic heterocycles. The summed E-state index contributed by atoms with van der Waals surface area (Å²) in [6, 6.07) is 6.81. The average Bonchev–Trinajstić information content (AvgIpc) is 2.89. The molecule has 0 fully saturated rings. The highest BCUT2D eigenvalue weighted by molar-refractivity contribution is 6.05. The van der Waals surface area contributed by atoms with Crippen LogP contribution < -0.4 is 16.4 Å². The number of nitrogens with one attached hydrogen (secondary N) is 2. The van der Waals surface area contributed by atoms with Gasteiger partial charge in [0.1, 0.15) is 11.9 Å². The van der Waals surface area contributed by atoms with E-state index in [0.29, 0.717) is 22.4 Å². The standard InChI is InChI=1S/C25H24F7N3O3/c1-12-3-2-4-15-14-6-5-13(26)11-18(14)20(23(38)34-19(12)15)35-22(37)17(8-10-25(30,31)32)16(21(33)36)7-9-24(27,28)29/h2-6,11,16-17,20H,7-10H2,1H3,(H2,33,36)(H,34,38)(H,35,37)/t16-,17+,20-/m0/s1. The second-order valence-corrected chi connectivity index (χ2v) is 9.08. The third-order valence-corrected chi connectivity index (χ3v) is 6.35. The summed E-state index contributed by atoms with van der Waals surface area (Å²) < 4.78 is 91.7. The number of hydrogen-bond acceptors (Lipinski definition) is 3. The molecule has 13 heteroatoms. The van der Waals surface area contributed by atoms with Gasteiger partial charge in [0, 0.05) is 30.2 Å². The van der Waals surface area contributed by atoms with Crippen molar-refractivity contribution in [3.05, 3.63) is 53.3 Å². The van der Waals surface area contributed by atoms with Gasteiger partial charge in [-0.05, 0) is 48.6 Å². The van der Waals surface area contributed by atoms with Gasteiger partial charge in [-0.15, -0.1) is 0 Å². The zero-order chi connectivity index (χ0) is 28.4. The molecule has 38 heavy (non-hydrogen) atoms. The van der Waals surface area contributed by atoms with Crippen LogP contribution in [-0.4, -0.2) is 30.1 Å². The third kappa shape index (κ3) is 7.01. The van der Waals surface area contributed by atoms with E-state index in [1.165, 1.54) is 6.07 Å². The quantitative estimate of drug-likeness (QED) is 0.391. The number of amides is 3. The first kappa shape index (κ1) is 28.9. The monoisotopic (exact) mass is 547 g/mol. The van der Waals surface area contributed by atoms with Crippen LogP contribution in [0.5, 0.6) is 0 Å². The van der Waals surface area contributed by atoms with Crippen LogP contribution in [0.3, 0.4) is 0 Å². The molecular weight excluding hydrogens is 523 g/mol. The summed E-state index contributed by atoms with van der Waals surface area (Å²) in [6.07, 6.45) is -14.8. The van der Waals surface area contributed by atoms with Crippen molar-refractivity contribution in [1.82, 2.24) is 5.32 Å². The number of aryl methyl sites for hydroxylation is 1. The molecule has 0 unspecified atom stereocenters. The summed E-state index contributed by atoms with van der Waals surface area (Å²) in [6.45, 7) is 1.69. The number of halogens is 7. The molecular formula is C25H24F7N3O3. The number of primary amides is 1. The van der Waals surface area contributed by atoms with Crippen LogP contribution in [0, 0.1) is 24.6 Å². The number of benzene rings is 2. The molecule has 6 nitrogen and oxygen atoms in total. The van der Waals surface area contributed by atoms with Gasteiger partial charge < -0.3 is 16.4 Å². The summed E-state index contributed by atoms with van der Waals surface area (Å²) >= 11 is 0. The van der Waals surface area contributed by atoms with E-state index in [4.69, 9.17) is 5.73 Å². The molecule has 3 atom stereocenters. The molecule has 3 amide bonds. The van der Waals surface area contributed by atoms with Crippen LogP contribution in [0.1, 0.15) is 42.9 Å². The van der Waals surface area contributed by atoms with Crippen LogP contribution in [0.25, 0.3) is 11.1 Å². The highest BCUT2D eigenvalue weighted by atomic mass is 19.4. The second-order valence-electron chi connectivity index (χ2n) is 9.08. The molecule has 0 saturated carbocycles. The molecule has 1 aliphatic rings. The van der Waals surface area contributed by atoms with Gasteiger partial charge in [-0.25, -0.2) is 4.39 Å². The molecule has 0 radical (unpaired) electrons. The van der Waals surface area contributed by atoms with Gasteiger partial charge in [0.25, 0.3) is 5.91 Å². The zero-order valence-corrected chi connectivity index (χ0v) is 20.0. The Bertz CT molecular complexity index is 1230. The first-order valence-electron chi connectivity index (χ1n) is 11.5. The molecule has 4 N–H and O–H groups in total. The van der Waals surface area contributed by atoms with Gasteiger partial charge >= 0.3 is 12.4 Å². The van der Waals surface area contributed by atoms with Gasteiger partial charge in [0.15, 0.2) is 0 Å². The second kappa shape index (κ2) is 11.0. The van der Waals surface area contributed by atoms with Crippen molar-refractivity contribution in [1.29, 1.82) is 0 Å². The summed E-state index contributed by atoms with van der Waals surface area (Å²) in [5.41, 5.74) is 6.98. The van der Waals surface area contributed by atoms with Gasteiger partial charge in [0.2, 0.25) is 11.8 Å².